The van der Waals surface area contributed by atoms with Crippen LogP contribution in [0.5, 0.6) is 0 Å². The van der Waals surface area contributed by atoms with Gasteiger partial charge in [0.2, 0.25) is 5.91 Å². The fourth-order valence-electron chi connectivity index (χ4n) is 1.57. The van der Waals surface area contributed by atoms with Crippen molar-refractivity contribution in [2.24, 2.45) is 0 Å². The number of rotatable bonds is 5. The van der Waals surface area contributed by atoms with Gasteiger partial charge in [0.25, 0.3) is 11.4 Å². The van der Waals surface area contributed by atoms with Crippen molar-refractivity contribution in [3.63, 3.8) is 0 Å². The van der Waals surface area contributed by atoms with E-state index in [2.05, 4.69) is 10.6 Å². The smallest absolute Gasteiger partial charge is 0.299 e. The van der Waals surface area contributed by atoms with E-state index in [0.29, 0.717) is 0 Å². The minimum Gasteiger partial charge on any atom is -0.371 e. The lowest BCUT2D eigenvalue weighted by Gasteiger charge is -2.20. The van der Waals surface area contributed by atoms with E-state index >= 15 is 0 Å². The van der Waals surface area contributed by atoms with Crippen molar-refractivity contribution in [1.82, 2.24) is 5.32 Å². The Balaban J connectivity index is 2.86. The van der Waals surface area contributed by atoms with Gasteiger partial charge in [0.1, 0.15) is 5.69 Å². The summed E-state index contributed by atoms with van der Waals surface area (Å²) in [6, 6.07) is 3.20. The molecule has 0 aromatic heterocycles. The molecule has 0 aliphatic heterocycles. The largest absolute Gasteiger partial charge is 0.371 e. The van der Waals surface area contributed by atoms with Crippen LogP contribution in [0.3, 0.4) is 0 Å². The monoisotopic (exact) mass is 296 g/mol. The molecule has 1 amide bonds. The molecule has 9 heteroatoms. The summed E-state index contributed by atoms with van der Waals surface area (Å²) in [5.41, 5.74) is -1.20. The zero-order valence-electron chi connectivity index (χ0n) is 11.9. The number of carbonyl (C=O) groups excluding carboxylic acids is 1. The first-order chi connectivity index (χ1) is 9.60. The number of non-ortho nitro benzene ring substituents is 1. The van der Waals surface area contributed by atoms with E-state index < -0.39 is 21.1 Å². The zero-order chi connectivity index (χ0) is 16.2. The summed E-state index contributed by atoms with van der Waals surface area (Å²) in [5, 5.41) is 26.8. The highest BCUT2D eigenvalue weighted by Gasteiger charge is 2.20. The van der Waals surface area contributed by atoms with E-state index in [1.807, 2.05) is 0 Å². The Morgan fingerprint density at radius 1 is 1.19 bits per heavy atom. The molecule has 1 aromatic rings. The Morgan fingerprint density at radius 3 is 2.29 bits per heavy atom. The van der Waals surface area contributed by atoms with Gasteiger partial charge in [0.15, 0.2) is 0 Å². The number of nitrogens with zero attached hydrogens (tertiary/aromatic N) is 2. The Morgan fingerprint density at radius 2 is 1.81 bits per heavy atom. The fraction of sp³-hybridized carbons (Fsp3) is 0.417. The normalized spacial score (nSPS) is 10.8. The van der Waals surface area contributed by atoms with Crippen LogP contribution in [0.15, 0.2) is 18.2 Å². The molecule has 0 saturated carbocycles. The van der Waals surface area contributed by atoms with Crippen molar-refractivity contribution in [3.8, 4) is 0 Å². The molecular formula is C12H16N4O5. The molecule has 0 aliphatic carbocycles. The highest BCUT2D eigenvalue weighted by Crippen LogP contribution is 2.28. The average Bonchev–Trinajstić information content (AvgIpc) is 2.33. The van der Waals surface area contributed by atoms with Crippen molar-refractivity contribution < 1.29 is 14.6 Å². The number of nitrogens with one attached hydrogen (secondary N) is 2. The topological polar surface area (TPSA) is 127 Å². The molecule has 0 heterocycles. The molecule has 0 bridgehead atoms. The molecule has 0 radical (unpaired) electrons. The van der Waals surface area contributed by atoms with Gasteiger partial charge < -0.3 is 10.6 Å². The maximum Gasteiger partial charge on any atom is 0.299 e. The van der Waals surface area contributed by atoms with Gasteiger partial charge in [-0.1, -0.05) is 0 Å². The SMILES string of the molecule is CC(C)(C)NC(=O)CNc1ccc([N+](=O)[O-])cc1[N+](=O)[O-]. The molecule has 1 aromatic carbocycles. The lowest BCUT2D eigenvalue weighted by Crippen LogP contribution is -2.43. The van der Waals surface area contributed by atoms with Gasteiger partial charge in [0, 0.05) is 11.6 Å². The molecule has 0 unspecified atom stereocenters. The summed E-state index contributed by atoms with van der Waals surface area (Å²) < 4.78 is 0. The second kappa shape index (κ2) is 6.16. The van der Waals surface area contributed by atoms with E-state index in [1.165, 1.54) is 6.07 Å². The summed E-state index contributed by atoms with van der Waals surface area (Å²) >= 11 is 0. The predicted molar refractivity (Wildman–Crippen MR) is 76.1 cm³/mol. The van der Waals surface area contributed by atoms with Gasteiger partial charge >= 0.3 is 0 Å². The van der Waals surface area contributed by atoms with Crippen LogP contribution in [-0.4, -0.2) is 27.8 Å². The average molecular weight is 296 g/mol. The third kappa shape index (κ3) is 5.05. The summed E-state index contributed by atoms with van der Waals surface area (Å²) in [5.74, 6) is -0.338. The highest BCUT2D eigenvalue weighted by molar-refractivity contribution is 5.82. The van der Waals surface area contributed by atoms with E-state index in [4.69, 9.17) is 0 Å². The number of nitro benzene ring substituents is 2. The number of anilines is 1. The van der Waals surface area contributed by atoms with Crippen LogP contribution in [0.25, 0.3) is 0 Å². The van der Waals surface area contributed by atoms with Crippen LogP contribution >= 0.6 is 0 Å². The first kappa shape index (κ1) is 16.3. The summed E-state index contributed by atoms with van der Waals surface area (Å²) in [6.45, 7) is 5.24. The highest BCUT2D eigenvalue weighted by atomic mass is 16.6. The van der Waals surface area contributed by atoms with E-state index in [-0.39, 0.29) is 23.8 Å². The van der Waals surface area contributed by atoms with Gasteiger partial charge in [-0.2, -0.15) is 0 Å². The third-order valence-electron chi connectivity index (χ3n) is 2.34. The number of carbonyl (C=O) groups is 1. The van der Waals surface area contributed by atoms with E-state index in [0.717, 1.165) is 12.1 Å². The van der Waals surface area contributed by atoms with E-state index in [9.17, 15) is 25.0 Å². The molecule has 114 valence electrons. The maximum atomic E-state index is 11.6. The van der Waals surface area contributed by atoms with Crippen molar-refractivity contribution in [2.75, 3.05) is 11.9 Å². The summed E-state index contributed by atoms with van der Waals surface area (Å²) in [4.78, 5) is 31.7. The number of hydrogen-bond donors (Lipinski definition) is 2. The van der Waals surface area contributed by atoms with Crippen molar-refractivity contribution in [2.45, 2.75) is 26.3 Å². The van der Waals surface area contributed by atoms with Gasteiger partial charge in [-0.15, -0.1) is 0 Å². The molecule has 9 nitrogen and oxygen atoms in total. The Kier molecular flexibility index (Phi) is 4.79. The Hall–Kier alpha value is -2.71. The van der Waals surface area contributed by atoms with Crippen LogP contribution in [0.1, 0.15) is 20.8 Å². The van der Waals surface area contributed by atoms with Gasteiger partial charge in [-0.3, -0.25) is 25.0 Å². The van der Waals surface area contributed by atoms with Crippen LogP contribution in [0.2, 0.25) is 0 Å². The van der Waals surface area contributed by atoms with Crippen LogP contribution in [0.4, 0.5) is 17.1 Å². The first-order valence-electron chi connectivity index (χ1n) is 6.08. The minimum atomic E-state index is -0.739. The van der Waals surface area contributed by atoms with Crippen LogP contribution in [0, 0.1) is 20.2 Å². The standard InChI is InChI=1S/C12H16N4O5/c1-12(2,3)14-11(17)7-13-9-5-4-8(15(18)19)6-10(9)16(20)21/h4-6,13H,7H2,1-3H3,(H,14,17). The second-order valence-electron chi connectivity index (χ2n) is 5.37. The van der Waals surface area contributed by atoms with Gasteiger partial charge in [0.05, 0.1) is 22.5 Å². The number of benzene rings is 1. The maximum absolute atomic E-state index is 11.6. The van der Waals surface area contributed by atoms with Crippen molar-refractivity contribution in [1.29, 1.82) is 0 Å². The molecule has 2 N–H and O–H groups in total. The summed E-state index contributed by atoms with van der Waals surface area (Å²) in [7, 11) is 0. The predicted octanol–water partition coefficient (Wildman–Crippen LogP) is 1.83. The van der Waals surface area contributed by atoms with Crippen LogP contribution in [-0.2, 0) is 4.79 Å². The van der Waals surface area contributed by atoms with E-state index in [1.54, 1.807) is 20.8 Å². The molecule has 1 rings (SSSR count). The zero-order valence-corrected chi connectivity index (χ0v) is 11.9. The molecule has 0 fully saturated rings. The van der Waals surface area contributed by atoms with Crippen molar-refractivity contribution in [3.05, 3.63) is 38.4 Å². The first-order valence-corrected chi connectivity index (χ1v) is 6.08. The Bertz CT molecular complexity index is 580. The fourth-order valence-corrected chi connectivity index (χ4v) is 1.57. The minimum absolute atomic E-state index is 0.0506. The molecular weight excluding hydrogens is 280 g/mol. The summed E-state index contributed by atoms with van der Waals surface area (Å²) in [6.07, 6.45) is 0. The number of hydrogen-bond acceptors (Lipinski definition) is 6. The van der Waals surface area contributed by atoms with Gasteiger partial charge in [-0.25, -0.2) is 0 Å². The quantitative estimate of drug-likeness (QED) is 0.630. The lowest BCUT2D eigenvalue weighted by molar-refractivity contribution is -0.393. The van der Waals surface area contributed by atoms with Gasteiger partial charge in [-0.05, 0) is 26.8 Å². The van der Waals surface area contributed by atoms with Crippen molar-refractivity contribution >= 4 is 23.0 Å². The van der Waals surface area contributed by atoms with Crippen LogP contribution < -0.4 is 10.6 Å². The number of nitro groups is 2. The lowest BCUT2D eigenvalue weighted by atomic mass is 10.1. The Labute approximate surface area is 120 Å². The molecule has 0 aliphatic rings. The molecule has 0 spiro atoms. The second-order valence-corrected chi connectivity index (χ2v) is 5.37. The third-order valence-corrected chi connectivity index (χ3v) is 2.34. The number of amides is 1. The molecule has 0 saturated heterocycles. The molecule has 21 heavy (non-hydrogen) atoms. The molecule has 0 atom stereocenters.